The van der Waals surface area contributed by atoms with Gasteiger partial charge in [-0.15, -0.1) is 12.4 Å². The fourth-order valence-electron chi connectivity index (χ4n) is 2.83. The van der Waals surface area contributed by atoms with Crippen molar-refractivity contribution in [2.75, 3.05) is 31.1 Å². The van der Waals surface area contributed by atoms with Gasteiger partial charge in [0.2, 0.25) is 0 Å². The smallest absolute Gasteiger partial charge is 0.260 e. The molecule has 28 heavy (non-hydrogen) atoms. The van der Waals surface area contributed by atoms with Crippen molar-refractivity contribution in [2.45, 2.75) is 13.8 Å². The van der Waals surface area contributed by atoms with Crippen molar-refractivity contribution >= 4 is 68.2 Å². The molecular weight excluding hydrogens is 437 g/mol. The van der Waals surface area contributed by atoms with E-state index in [1.807, 2.05) is 18.2 Å². The number of hydrogen-bond acceptors (Lipinski definition) is 4. The van der Waals surface area contributed by atoms with Crippen LogP contribution in [0.2, 0.25) is 10.0 Å². The Labute approximate surface area is 185 Å². The maximum Gasteiger partial charge on any atom is 0.260 e. The zero-order valence-corrected chi connectivity index (χ0v) is 18.8. The van der Waals surface area contributed by atoms with Gasteiger partial charge in [-0.05, 0) is 49.5 Å². The zero-order valence-electron chi connectivity index (χ0n) is 15.7. The molecule has 0 saturated carbocycles. The number of hydrogen-bond donors (Lipinski definition) is 0. The first-order valence-electron chi connectivity index (χ1n) is 8.88. The van der Waals surface area contributed by atoms with Gasteiger partial charge in [0, 0.05) is 23.7 Å². The lowest BCUT2D eigenvalue weighted by atomic mass is 10.2. The highest BCUT2D eigenvalue weighted by Gasteiger charge is 2.22. The van der Waals surface area contributed by atoms with E-state index in [0.29, 0.717) is 27.3 Å². The van der Waals surface area contributed by atoms with Gasteiger partial charge in [-0.1, -0.05) is 54.5 Å². The summed E-state index contributed by atoms with van der Waals surface area (Å²) in [6.07, 6.45) is 0. The van der Waals surface area contributed by atoms with Crippen LogP contribution in [0.1, 0.15) is 24.2 Å². The molecule has 0 fully saturated rings. The minimum Gasteiger partial charge on any atom is -0.302 e. The third kappa shape index (κ3) is 5.16. The van der Waals surface area contributed by atoms with Crippen LogP contribution in [0.4, 0.5) is 5.13 Å². The standard InChI is InChI=1S/C20H21Cl2N3OS.ClH/c1-3-24(4-2)12-13-25(19(26)14-8-10-15(21)11-9-14)20-23-18-16(22)6-5-7-17(18)27-20;/h5-11H,3-4,12-13H2,1-2H3;1H. The summed E-state index contributed by atoms with van der Waals surface area (Å²) in [7, 11) is 0. The quantitative estimate of drug-likeness (QED) is 0.435. The van der Waals surface area contributed by atoms with Crippen LogP contribution in [-0.4, -0.2) is 42.0 Å². The molecule has 0 aliphatic rings. The summed E-state index contributed by atoms with van der Waals surface area (Å²) in [6.45, 7) is 7.44. The third-order valence-electron chi connectivity index (χ3n) is 4.46. The number of para-hydroxylation sites is 1. The topological polar surface area (TPSA) is 36.4 Å². The minimum atomic E-state index is -0.0889. The molecule has 0 N–H and O–H groups in total. The summed E-state index contributed by atoms with van der Waals surface area (Å²) in [5.41, 5.74) is 1.32. The zero-order chi connectivity index (χ0) is 19.4. The van der Waals surface area contributed by atoms with E-state index >= 15 is 0 Å². The number of carbonyl (C=O) groups is 1. The van der Waals surface area contributed by atoms with E-state index in [1.54, 1.807) is 29.2 Å². The first kappa shape index (κ1) is 22.9. The lowest BCUT2D eigenvalue weighted by Gasteiger charge is -2.24. The Morgan fingerprint density at radius 2 is 1.71 bits per heavy atom. The molecule has 3 rings (SSSR count). The van der Waals surface area contributed by atoms with Crippen molar-refractivity contribution in [3.63, 3.8) is 0 Å². The Hall–Kier alpha value is -1.37. The molecule has 0 unspecified atom stereocenters. The van der Waals surface area contributed by atoms with Crippen molar-refractivity contribution in [1.29, 1.82) is 0 Å². The van der Waals surface area contributed by atoms with E-state index in [1.165, 1.54) is 11.3 Å². The van der Waals surface area contributed by atoms with Crippen LogP contribution in [0.25, 0.3) is 10.2 Å². The Bertz CT molecular complexity index is 926. The summed E-state index contributed by atoms with van der Waals surface area (Å²) in [5, 5.41) is 1.86. The molecule has 0 aliphatic heterocycles. The van der Waals surface area contributed by atoms with Crippen molar-refractivity contribution in [1.82, 2.24) is 9.88 Å². The van der Waals surface area contributed by atoms with Crippen molar-refractivity contribution in [2.24, 2.45) is 0 Å². The Morgan fingerprint density at radius 1 is 1.04 bits per heavy atom. The number of halogens is 3. The monoisotopic (exact) mass is 457 g/mol. The number of nitrogens with zero attached hydrogens (tertiary/aromatic N) is 3. The summed E-state index contributed by atoms with van der Waals surface area (Å²) in [5.74, 6) is -0.0889. The van der Waals surface area contributed by atoms with E-state index in [9.17, 15) is 4.79 Å². The van der Waals surface area contributed by atoms with Crippen molar-refractivity contribution < 1.29 is 4.79 Å². The molecule has 1 heterocycles. The van der Waals surface area contributed by atoms with Gasteiger partial charge in [0.05, 0.1) is 9.72 Å². The number of rotatable bonds is 7. The summed E-state index contributed by atoms with van der Waals surface area (Å²) in [6, 6.07) is 12.6. The first-order valence-corrected chi connectivity index (χ1v) is 10.5. The maximum absolute atomic E-state index is 13.2. The highest BCUT2D eigenvalue weighted by Crippen LogP contribution is 2.33. The number of aromatic nitrogens is 1. The molecule has 3 aromatic rings. The van der Waals surface area contributed by atoms with Gasteiger partial charge in [-0.3, -0.25) is 9.69 Å². The lowest BCUT2D eigenvalue weighted by molar-refractivity contribution is 0.0984. The largest absolute Gasteiger partial charge is 0.302 e. The highest BCUT2D eigenvalue weighted by atomic mass is 35.5. The van der Waals surface area contributed by atoms with Crippen molar-refractivity contribution in [3.8, 4) is 0 Å². The second-order valence-corrected chi connectivity index (χ2v) is 7.93. The van der Waals surface area contributed by atoms with E-state index in [4.69, 9.17) is 23.2 Å². The number of fused-ring (bicyclic) bond motifs is 1. The highest BCUT2D eigenvalue weighted by molar-refractivity contribution is 7.22. The van der Waals surface area contributed by atoms with Crippen LogP contribution in [0.3, 0.4) is 0 Å². The van der Waals surface area contributed by atoms with Crippen LogP contribution in [-0.2, 0) is 0 Å². The predicted molar refractivity (Wildman–Crippen MR) is 123 cm³/mol. The van der Waals surface area contributed by atoms with Crippen LogP contribution in [0.5, 0.6) is 0 Å². The fraction of sp³-hybridized carbons (Fsp3) is 0.300. The second-order valence-electron chi connectivity index (χ2n) is 6.07. The maximum atomic E-state index is 13.2. The normalized spacial score (nSPS) is 10.9. The fourth-order valence-corrected chi connectivity index (χ4v) is 4.25. The Morgan fingerprint density at radius 3 is 2.32 bits per heavy atom. The van der Waals surface area contributed by atoms with Gasteiger partial charge in [-0.25, -0.2) is 4.98 Å². The predicted octanol–water partition coefficient (Wildman–Crippen LogP) is 6.01. The third-order valence-corrected chi connectivity index (χ3v) is 6.06. The van der Waals surface area contributed by atoms with Gasteiger partial charge in [0.25, 0.3) is 5.91 Å². The molecule has 1 amide bonds. The summed E-state index contributed by atoms with van der Waals surface area (Å²) < 4.78 is 0.967. The molecule has 1 aromatic heterocycles. The van der Waals surface area contributed by atoms with E-state index < -0.39 is 0 Å². The Balaban J connectivity index is 0.00000280. The van der Waals surface area contributed by atoms with Crippen LogP contribution < -0.4 is 4.90 Å². The molecule has 0 bridgehead atoms. The molecule has 4 nitrogen and oxygen atoms in total. The van der Waals surface area contributed by atoms with E-state index in [-0.39, 0.29) is 18.3 Å². The molecular formula is C20H22Cl3N3OS. The molecule has 0 atom stereocenters. The van der Waals surface area contributed by atoms with Gasteiger partial charge >= 0.3 is 0 Å². The number of likely N-dealkylation sites (N-methyl/N-ethyl adjacent to an activating group) is 1. The number of thiazole rings is 1. The molecule has 8 heteroatoms. The molecule has 0 aliphatic carbocycles. The average molecular weight is 459 g/mol. The summed E-state index contributed by atoms with van der Waals surface area (Å²) in [4.78, 5) is 21.9. The lowest BCUT2D eigenvalue weighted by Crippen LogP contribution is -2.38. The van der Waals surface area contributed by atoms with E-state index in [0.717, 1.165) is 29.9 Å². The van der Waals surface area contributed by atoms with Crippen LogP contribution >= 0.6 is 46.9 Å². The van der Waals surface area contributed by atoms with Gasteiger partial charge in [0.1, 0.15) is 5.52 Å². The molecule has 150 valence electrons. The number of carbonyl (C=O) groups excluding carboxylic acids is 1. The first-order chi connectivity index (χ1) is 13.0. The SMILES string of the molecule is CCN(CC)CCN(C(=O)c1ccc(Cl)cc1)c1nc2c(Cl)cccc2s1.Cl. The van der Waals surface area contributed by atoms with Crippen molar-refractivity contribution in [3.05, 3.63) is 58.1 Å². The number of anilines is 1. The van der Waals surface area contributed by atoms with Gasteiger partial charge in [-0.2, -0.15) is 0 Å². The van der Waals surface area contributed by atoms with E-state index in [2.05, 4.69) is 23.7 Å². The summed E-state index contributed by atoms with van der Waals surface area (Å²) >= 11 is 13.7. The van der Waals surface area contributed by atoms with Gasteiger partial charge < -0.3 is 4.90 Å². The second kappa shape index (κ2) is 10.4. The molecule has 0 spiro atoms. The Kier molecular flexibility index (Phi) is 8.53. The van der Waals surface area contributed by atoms with Crippen LogP contribution in [0.15, 0.2) is 42.5 Å². The number of amides is 1. The average Bonchev–Trinajstić information content (AvgIpc) is 3.11. The molecule has 0 radical (unpaired) electrons. The van der Waals surface area contributed by atoms with Gasteiger partial charge in [0.15, 0.2) is 5.13 Å². The molecule has 2 aromatic carbocycles. The minimum absolute atomic E-state index is 0. The van der Waals surface area contributed by atoms with Crippen LogP contribution in [0, 0.1) is 0 Å². The molecule has 0 saturated heterocycles. The number of benzene rings is 2.